The normalized spacial score (nSPS) is 22.9. The highest BCUT2D eigenvalue weighted by atomic mass is 16.4. The van der Waals surface area contributed by atoms with Crippen molar-refractivity contribution in [1.82, 2.24) is 0 Å². The van der Waals surface area contributed by atoms with Crippen molar-refractivity contribution < 1.29 is 9.90 Å². The van der Waals surface area contributed by atoms with Gasteiger partial charge in [0.2, 0.25) is 0 Å². The fourth-order valence-electron chi connectivity index (χ4n) is 4.87. The van der Waals surface area contributed by atoms with E-state index in [2.05, 4.69) is 66.9 Å². The minimum absolute atomic E-state index is 0.135. The Balaban J connectivity index is 1.72. The van der Waals surface area contributed by atoms with Crippen molar-refractivity contribution in [3.8, 4) is 0 Å². The predicted molar refractivity (Wildman–Crippen MR) is 108 cm³/mol. The lowest BCUT2D eigenvalue weighted by Gasteiger charge is -2.39. The van der Waals surface area contributed by atoms with E-state index in [-0.39, 0.29) is 12.0 Å². The maximum atomic E-state index is 11.8. The second kappa shape index (κ2) is 5.98. The number of nitrogens with one attached hydrogen (secondary N) is 1. The first-order chi connectivity index (χ1) is 13.1. The van der Waals surface area contributed by atoms with Gasteiger partial charge in [-0.15, -0.1) is 0 Å². The highest BCUT2D eigenvalue weighted by molar-refractivity contribution is 5.93. The van der Waals surface area contributed by atoms with Crippen molar-refractivity contribution in [3.63, 3.8) is 0 Å². The summed E-state index contributed by atoms with van der Waals surface area (Å²) in [5.74, 6) is -0.393. The smallest absolute Gasteiger partial charge is 0.336 e. The van der Waals surface area contributed by atoms with Crippen LogP contribution < -0.4 is 5.32 Å². The van der Waals surface area contributed by atoms with Gasteiger partial charge in [-0.1, -0.05) is 60.7 Å². The molecule has 3 aromatic rings. The summed E-state index contributed by atoms with van der Waals surface area (Å²) in [5, 5.41) is 16.0. The number of carboxylic acid groups (broad SMARTS) is 1. The Hall–Kier alpha value is -3.07. The molecule has 0 unspecified atom stereocenters. The molecule has 0 spiro atoms. The molecule has 0 radical (unpaired) electrons. The van der Waals surface area contributed by atoms with Crippen molar-refractivity contribution in [1.29, 1.82) is 0 Å². The summed E-state index contributed by atoms with van der Waals surface area (Å²) in [6.07, 6.45) is 5.37. The van der Waals surface area contributed by atoms with Gasteiger partial charge in [0.1, 0.15) is 0 Å². The van der Waals surface area contributed by atoms with Gasteiger partial charge in [-0.2, -0.15) is 0 Å². The third-order valence-corrected chi connectivity index (χ3v) is 6.12. The lowest BCUT2D eigenvalue weighted by Crippen LogP contribution is -2.31. The van der Waals surface area contributed by atoms with E-state index in [0.717, 1.165) is 23.2 Å². The highest BCUT2D eigenvalue weighted by Gasteiger charge is 2.40. The van der Waals surface area contributed by atoms with Gasteiger partial charge in [-0.3, -0.25) is 0 Å². The number of benzene rings is 3. The van der Waals surface area contributed by atoms with Crippen LogP contribution in [0.1, 0.15) is 45.4 Å². The topological polar surface area (TPSA) is 49.3 Å². The van der Waals surface area contributed by atoms with Crippen LogP contribution in [0.3, 0.4) is 0 Å². The number of hydrogen-bond acceptors (Lipinski definition) is 2. The number of carboxylic acids is 1. The molecule has 0 bridgehead atoms. The van der Waals surface area contributed by atoms with Crippen LogP contribution in [0.2, 0.25) is 0 Å². The first kappa shape index (κ1) is 16.1. The summed E-state index contributed by atoms with van der Waals surface area (Å²) in [7, 11) is 0. The predicted octanol–water partition coefficient (Wildman–Crippen LogP) is 5.67. The molecule has 3 aromatic carbocycles. The highest BCUT2D eigenvalue weighted by Crippen LogP contribution is 2.52. The van der Waals surface area contributed by atoms with Gasteiger partial charge in [-0.25, -0.2) is 4.79 Å². The number of aromatic carboxylic acids is 1. The molecule has 0 fully saturated rings. The van der Waals surface area contributed by atoms with Crippen LogP contribution >= 0.6 is 0 Å². The Labute approximate surface area is 158 Å². The monoisotopic (exact) mass is 355 g/mol. The van der Waals surface area contributed by atoms with Crippen LogP contribution in [0.25, 0.3) is 10.8 Å². The van der Waals surface area contributed by atoms with E-state index >= 15 is 0 Å². The third kappa shape index (κ3) is 2.38. The number of carbonyl (C=O) groups is 1. The fourth-order valence-corrected chi connectivity index (χ4v) is 4.87. The molecule has 2 aliphatic rings. The van der Waals surface area contributed by atoms with E-state index in [4.69, 9.17) is 0 Å². The largest absolute Gasteiger partial charge is 0.478 e. The van der Waals surface area contributed by atoms with E-state index < -0.39 is 5.97 Å². The molecule has 5 rings (SSSR count). The van der Waals surface area contributed by atoms with E-state index in [1.54, 1.807) is 6.07 Å². The first-order valence-corrected chi connectivity index (χ1v) is 9.43. The standard InChI is InChI=1S/C24H21NO2/c1-14-12-13-20(24(26)27)21-17-9-5-11-19(17)23(25-22(14)21)18-10-4-7-15-6-2-3-8-16(15)18/h2-10,12-13,17,19,23,25H,11H2,1H3,(H,26,27)/t17-,19-,23-/m1/s1. The van der Waals surface area contributed by atoms with E-state index in [0.29, 0.717) is 11.5 Å². The summed E-state index contributed by atoms with van der Waals surface area (Å²) in [6, 6.07) is 18.8. The number of fused-ring (bicyclic) bond motifs is 4. The molecule has 1 aliphatic carbocycles. The van der Waals surface area contributed by atoms with Crippen LogP contribution in [0, 0.1) is 12.8 Å². The average Bonchev–Trinajstić information content (AvgIpc) is 3.17. The second-order valence-corrected chi connectivity index (χ2v) is 7.57. The van der Waals surface area contributed by atoms with Crippen LogP contribution in [0.5, 0.6) is 0 Å². The summed E-state index contributed by atoms with van der Waals surface area (Å²) >= 11 is 0. The maximum Gasteiger partial charge on any atom is 0.336 e. The lowest BCUT2D eigenvalue weighted by molar-refractivity contribution is 0.0695. The Morgan fingerprint density at radius 1 is 1.07 bits per heavy atom. The van der Waals surface area contributed by atoms with Crippen LogP contribution in [0.15, 0.2) is 66.7 Å². The number of anilines is 1. The van der Waals surface area contributed by atoms with Gasteiger partial charge in [0.15, 0.2) is 0 Å². The van der Waals surface area contributed by atoms with Crippen molar-refractivity contribution in [2.24, 2.45) is 5.92 Å². The summed E-state index contributed by atoms with van der Waals surface area (Å²) in [5.41, 5.74) is 4.73. The zero-order valence-corrected chi connectivity index (χ0v) is 15.1. The molecule has 27 heavy (non-hydrogen) atoms. The average molecular weight is 355 g/mol. The zero-order chi connectivity index (χ0) is 18.5. The van der Waals surface area contributed by atoms with Gasteiger partial charge in [0.05, 0.1) is 11.6 Å². The maximum absolute atomic E-state index is 11.8. The van der Waals surface area contributed by atoms with Crippen LogP contribution in [0.4, 0.5) is 5.69 Å². The molecule has 3 atom stereocenters. The third-order valence-electron chi connectivity index (χ3n) is 6.12. The number of hydrogen-bond donors (Lipinski definition) is 2. The molecule has 0 saturated heterocycles. The summed E-state index contributed by atoms with van der Waals surface area (Å²) in [4.78, 5) is 11.8. The van der Waals surface area contributed by atoms with E-state index in [1.165, 1.54) is 16.3 Å². The lowest BCUT2D eigenvalue weighted by atomic mass is 9.74. The molecule has 0 aromatic heterocycles. The Morgan fingerprint density at radius 3 is 2.74 bits per heavy atom. The zero-order valence-electron chi connectivity index (χ0n) is 15.1. The van der Waals surface area contributed by atoms with Crippen molar-refractivity contribution in [2.75, 3.05) is 5.32 Å². The van der Waals surface area contributed by atoms with Crippen molar-refractivity contribution in [2.45, 2.75) is 25.3 Å². The van der Waals surface area contributed by atoms with Gasteiger partial charge in [0, 0.05) is 11.6 Å². The van der Waals surface area contributed by atoms with Crippen LogP contribution in [-0.4, -0.2) is 11.1 Å². The van der Waals surface area contributed by atoms with Gasteiger partial charge in [-0.05, 0) is 52.8 Å². The first-order valence-electron chi connectivity index (χ1n) is 9.43. The Morgan fingerprint density at radius 2 is 1.89 bits per heavy atom. The van der Waals surface area contributed by atoms with Crippen LogP contribution in [-0.2, 0) is 0 Å². The summed E-state index contributed by atoms with van der Waals surface area (Å²) in [6.45, 7) is 2.05. The molecule has 1 aliphatic heterocycles. The minimum Gasteiger partial charge on any atom is -0.478 e. The molecule has 134 valence electrons. The molecule has 3 heteroatoms. The number of aryl methyl sites for hydroxylation is 1. The second-order valence-electron chi connectivity index (χ2n) is 7.57. The molecule has 2 N–H and O–H groups in total. The fraction of sp³-hybridized carbons (Fsp3) is 0.208. The summed E-state index contributed by atoms with van der Waals surface area (Å²) < 4.78 is 0. The molecular weight excluding hydrogens is 334 g/mol. The molecule has 3 nitrogen and oxygen atoms in total. The molecule has 1 heterocycles. The minimum atomic E-state index is -0.851. The van der Waals surface area contributed by atoms with E-state index in [9.17, 15) is 9.90 Å². The molecule has 0 saturated carbocycles. The molecular formula is C24H21NO2. The van der Waals surface area contributed by atoms with E-state index in [1.807, 2.05) is 6.07 Å². The van der Waals surface area contributed by atoms with Gasteiger partial charge < -0.3 is 10.4 Å². The Bertz CT molecular complexity index is 1090. The van der Waals surface area contributed by atoms with Gasteiger partial charge >= 0.3 is 5.97 Å². The number of allylic oxidation sites excluding steroid dienone is 2. The van der Waals surface area contributed by atoms with Crippen molar-refractivity contribution >= 4 is 22.4 Å². The number of rotatable bonds is 2. The Kier molecular flexibility index (Phi) is 3.57. The SMILES string of the molecule is Cc1ccc(C(=O)O)c2c1N[C@H](c1cccc3ccccc13)[C@@H]1CC=C[C@@H]21. The quantitative estimate of drug-likeness (QED) is 0.582. The van der Waals surface area contributed by atoms with Gasteiger partial charge in [0.25, 0.3) is 0 Å². The van der Waals surface area contributed by atoms with Crippen molar-refractivity contribution in [3.05, 3.63) is 89.0 Å². The molecule has 0 amide bonds.